The Hall–Kier alpha value is -2.34. The summed E-state index contributed by atoms with van der Waals surface area (Å²) in [7, 11) is 0. The standard InChI is InChI=1S/C18H14/c1-3-9-15(10-4-1)17-13-7-8-14-18(17)16-11-5-2-6-12-16/h1-14H/i1+1,3+1,4+1,9+1,10+1,15+1. The molecule has 0 unspecified atom stereocenters. The first-order valence-corrected chi connectivity index (χ1v) is 6.15. The Morgan fingerprint density at radius 3 is 1.06 bits per heavy atom. The quantitative estimate of drug-likeness (QED) is 0.586. The molecule has 0 spiro atoms. The molecule has 0 saturated carbocycles. The summed E-state index contributed by atoms with van der Waals surface area (Å²) < 4.78 is 0. The van der Waals surface area contributed by atoms with E-state index in [9.17, 15) is 0 Å². The van der Waals surface area contributed by atoms with E-state index in [4.69, 9.17) is 0 Å². The van der Waals surface area contributed by atoms with Crippen LogP contribution in [0.4, 0.5) is 0 Å². The minimum Gasteiger partial charge on any atom is -0.0622 e. The minimum atomic E-state index is 1.26. The van der Waals surface area contributed by atoms with Crippen molar-refractivity contribution in [3.8, 4) is 22.3 Å². The second-order valence-corrected chi connectivity index (χ2v) is 4.28. The molecule has 3 aromatic rings. The van der Waals surface area contributed by atoms with Crippen molar-refractivity contribution in [2.24, 2.45) is 0 Å². The van der Waals surface area contributed by atoms with Crippen LogP contribution in [-0.4, -0.2) is 0 Å². The largest absolute Gasteiger partial charge is 0.0622 e. The third kappa shape index (κ3) is 2.05. The zero-order valence-electron chi connectivity index (χ0n) is 10.1. The Labute approximate surface area is 108 Å². The van der Waals surface area contributed by atoms with Crippen LogP contribution in [0.15, 0.2) is 84.9 Å². The predicted molar refractivity (Wildman–Crippen MR) is 77.3 cm³/mol. The lowest BCUT2D eigenvalue weighted by atomic mass is 10.0. The fourth-order valence-electron chi connectivity index (χ4n) is 2.22. The van der Waals surface area contributed by atoms with Crippen molar-refractivity contribution >= 4 is 0 Å². The number of benzene rings is 3. The first-order valence-electron chi connectivity index (χ1n) is 6.15. The third-order valence-electron chi connectivity index (χ3n) is 3.10. The Kier molecular flexibility index (Phi) is 2.93. The van der Waals surface area contributed by atoms with Gasteiger partial charge in [0, 0.05) is 0 Å². The molecule has 0 fully saturated rings. The van der Waals surface area contributed by atoms with Crippen molar-refractivity contribution in [3.05, 3.63) is 84.9 Å². The molecule has 0 saturated heterocycles. The maximum Gasteiger partial charge on any atom is -0.0105 e. The normalized spacial score (nSPS) is 10.2. The summed E-state index contributed by atoms with van der Waals surface area (Å²) >= 11 is 0. The Morgan fingerprint density at radius 2 is 0.667 bits per heavy atom. The summed E-state index contributed by atoms with van der Waals surface area (Å²) in [5.74, 6) is 0. The predicted octanol–water partition coefficient (Wildman–Crippen LogP) is 5.02. The van der Waals surface area contributed by atoms with E-state index in [0.717, 1.165) is 0 Å². The van der Waals surface area contributed by atoms with Gasteiger partial charge in [-0.1, -0.05) is 84.9 Å². The molecule has 0 nitrogen and oxygen atoms in total. The zero-order chi connectivity index (χ0) is 12.2. The average Bonchev–Trinajstić information content (AvgIpc) is 2.49. The van der Waals surface area contributed by atoms with Crippen LogP contribution in [0.1, 0.15) is 0 Å². The van der Waals surface area contributed by atoms with Crippen LogP contribution < -0.4 is 0 Å². The summed E-state index contributed by atoms with van der Waals surface area (Å²) in [4.78, 5) is 0. The third-order valence-corrected chi connectivity index (χ3v) is 3.10. The highest BCUT2D eigenvalue weighted by Crippen LogP contribution is 2.31. The molecular weight excluding hydrogens is 222 g/mol. The molecule has 0 aliphatic rings. The van der Waals surface area contributed by atoms with Gasteiger partial charge in [0.25, 0.3) is 0 Å². The van der Waals surface area contributed by atoms with Crippen LogP contribution in [0.5, 0.6) is 0 Å². The van der Waals surface area contributed by atoms with E-state index in [0.29, 0.717) is 0 Å². The molecule has 0 radical (unpaired) electrons. The second kappa shape index (κ2) is 4.89. The first-order chi connectivity index (χ1) is 8.95. The molecule has 0 heteroatoms. The monoisotopic (exact) mass is 236 g/mol. The molecule has 0 bridgehead atoms. The summed E-state index contributed by atoms with van der Waals surface area (Å²) in [6, 6.07) is 29.6. The smallest absolute Gasteiger partial charge is 0.0105 e. The maximum absolute atomic E-state index is 2.18. The highest BCUT2D eigenvalue weighted by atomic mass is 14.7. The Balaban J connectivity index is 2.18. The van der Waals surface area contributed by atoms with Crippen molar-refractivity contribution in [2.75, 3.05) is 0 Å². The van der Waals surface area contributed by atoms with Crippen molar-refractivity contribution in [3.63, 3.8) is 0 Å². The van der Waals surface area contributed by atoms with Gasteiger partial charge in [-0.05, 0) is 22.3 Å². The minimum absolute atomic E-state index is 1.26. The molecule has 0 atom stereocenters. The highest BCUT2D eigenvalue weighted by Gasteiger charge is 2.05. The number of rotatable bonds is 2. The van der Waals surface area contributed by atoms with Gasteiger partial charge in [-0.2, -0.15) is 0 Å². The summed E-state index contributed by atoms with van der Waals surface area (Å²) in [6.07, 6.45) is 0. The second-order valence-electron chi connectivity index (χ2n) is 4.28. The molecular formula is C18H14. The molecule has 86 valence electrons. The van der Waals surface area contributed by atoms with Crippen molar-refractivity contribution in [2.45, 2.75) is 0 Å². The molecule has 18 heavy (non-hydrogen) atoms. The lowest BCUT2D eigenvalue weighted by Crippen LogP contribution is -1.83. The van der Waals surface area contributed by atoms with Crippen LogP contribution in [0.2, 0.25) is 0 Å². The Morgan fingerprint density at radius 1 is 0.333 bits per heavy atom. The summed E-state index contributed by atoms with van der Waals surface area (Å²) in [5, 5.41) is 0. The average molecular weight is 236 g/mol. The van der Waals surface area contributed by atoms with Crippen molar-refractivity contribution < 1.29 is 0 Å². The van der Waals surface area contributed by atoms with Gasteiger partial charge in [-0.15, -0.1) is 0 Å². The van der Waals surface area contributed by atoms with E-state index in [2.05, 4.69) is 84.9 Å². The molecule has 0 N–H and O–H groups in total. The fraction of sp³-hybridized carbons (Fsp3) is 0. The summed E-state index contributed by atoms with van der Waals surface area (Å²) in [5.41, 5.74) is 5.09. The van der Waals surface area contributed by atoms with Crippen LogP contribution in [0.25, 0.3) is 22.3 Å². The van der Waals surface area contributed by atoms with Crippen LogP contribution in [0, 0.1) is 0 Å². The number of hydrogen-bond donors (Lipinski definition) is 0. The van der Waals surface area contributed by atoms with Gasteiger partial charge in [0.2, 0.25) is 0 Å². The van der Waals surface area contributed by atoms with Gasteiger partial charge in [0.1, 0.15) is 0 Å². The van der Waals surface area contributed by atoms with Gasteiger partial charge in [0.05, 0.1) is 0 Å². The van der Waals surface area contributed by atoms with E-state index in [1.54, 1.807) is 0 Å². The molecule has 0 heterocycles. The van der Waals surface area contributed by atoms with E-state index in [1.807, 2.05) is 0 Å². The van der Waals surface area contributed by atoms with E-state index < -0.39 is 0 Å². The van der Waals surface area contributed by atoms with E-state index in [1.165, 1.54) is 22.3 Å². The van der Waals surface area contributed by atoms with Crippen molar-refractivity contribution in [1.29, 1.82) is 0 Å². The van der Waals surface area contributed by atoms with Crippen molar-refractivity contribution in [1.82, 2.24) is 0 Å². The van der Waals surface area contributed by atoms with Gasteiger partial charge in [-0.3, -0.25) is 0 Å². The topological polar surface area (TPSA) is 0 Å². The van der Waals surface area contributed by atoms with Gasteiger partial charge in [-0.25, -0.2) is 0 Å². The fourth-order valence-corrected chi connectivity index (χ4v) is 2.22. The van der Waals surface area contributed by atoms with Gasteiger partial charge in [0.15, 0.2) is 0 Å². The number of hydrogen-bond acceptors (Lipinski definition) is 0. The lowest BCUT2D eigenvalue weighted by Gasteiger charge is -2.09. The SMILES string of the molecule is c1ccc(-c2ccccc2-[13c]2[13cH][13cH][13cH][13cH][13cH]2)cc1. The molecule has 0 aliphatic heterocycles. The molecule has 3 rings (SSSR count). The first kappa shape index (κ1) is 10.8. The van der Waals surface area contributed by atoms with Gasteiger partial charge >= 0.3 is 0 Å². The van der Waals surface area contributed by atoms with Crippen LogP contribution in [-0.2, 0) is 0 Å². The van der Waals surface area contributed by atoms with E-state index in [-0.39, 0.29) is 0 Å². The molecule has 0 aromatic heterocycles. The zero-order valence-corrected chi connectivity index (χ0v) is 10.1. The molecule has 0 aliphatic carbocycles. The maximum atomic E-state index is 2.18. The Bertz CT molecular complexity index is 566. The van der Waals surface area contributed by atoms with Gasteiger partial charge < -0.3 is 0 Å². The lowest BCUT2D eigenvalue weighted by molar-refractivity contribution is 1.58. The molecule has 3 aromatic carbocycles. The molecule has 0 amide bonds. The summed E-state index contributed by atoms with van der Waals surface area (Å²) in [6.45, 7) is 0. The highest BCUT2D eigenvalue weighted by molar-refractivity contribution is 5.83. The van der Waals surface area contributed by atoms with E-state index >= 15 is 0 Å². The van der Waals surface area contributed by atoms with Crippen LogP contribution in [0.3, 0.4) is 0 Å². The van der Waals surface area contributed by atoms with Crippen LogP contribution >= 0.6 is 0 Å².